The lowest BCUT2D eigenvalue weighted by atomic mass is 10.1. The fourth-order valence-electron chi connectivity index (χ4n) is 2.38. The van der Waals surface area contributed by atoms with Crippen molar-refractivity contribution < 1.29 is 9.59 Å². The zero-order valence-electron chi connectivity index (χ0n) is 11.8. The molecule has 2 rings (SSSR count). The summed E-state index contributed by atoms with van der Waals surface area (Å²) in [4.78, 5) is 26.0. The molecule has 0 saturated carbocycles. The number of nitrogens with zero attached hydrogens (tertiary/aromatic N) is 1. The van der Waals surface area contributed by atoms with Crippen molar-refractivity contribution in [3.63, 3.8) is 0 Å². The van der Waals surface area contributed by atoms with E-state index in [4.69, 9.17) is 0 Å². The molecule has 5 heteroatoms. The molecule has 1 fully saturated rings. The van der Waals surface area contributed by atoms with Crippen molar-refractivity contribution in [2.45, 2.75) is 39.2 Å². The Kier molecular flexibility index (Phi) is 4.81. The number of nitrogens with one attached hydrogen (secondary N) is 1. The molecule has 0 bridgehead atoms. The van der Waals surface area contributed by atoms with E-state index >= 15 is 0 Å². The molecule has 1 saturated heterocycles. The third kappa shape index (κ3) is 3.20. The first-order valence-corrected chi connectivity index (χ1v) is 7.69. The van der Waals surface area contributed by atoms with Gasteiger partial charge in [-0.15, -0.1) is 0 Å². The molecule has 1 heterocycles. The van der Waals surface area contributed by atoms with Crippen molar-refractivity contribution in [3.8, 4) is 0 Å². The van der Waals surface area contributed by atoms with Crippen LogP contribution < -0.4 is 10.2 Å². The number of aryl methyl sites for hydroxylation is 1. The maximum Gasteiger partial charge on any atom is 0.249 e. The lowest BCUT2D eigenvalue weighted by Crippen LogP contribution is -2.44. The van der Waals surface area contributed by atoms with Gasteiger partial charge < -0.3 is 10.2 Å². The van der Waals surface area contributed by atoms with Crippen LogP contribution in [0.15, 0.2) is 22.7 Å². The van der Waals surface area contributed by atoms with Gasteiger partial charge in [-0.2, -0.15) is 0 Å². The number of anilines is 1. The van der Waals surface area contributed by atoms with Crippen LogP contribution in [0, 0.1) is 6.92 Å². The zero-order valence-corrected chi connectivity index (χ0v) is 13.4. The Morgan fingerprint density at radius 3 is 2.80 bits per heavy atom. The van der Waals surface area contributed by atoms with E-state index in [0.717, 1.165) is 22.1 Å². The minimum absolute atomic E-state index is 0.0144. The van der Waals surface area contributed by atoms with Crippen molar-refractivity contribution in [2.75, 3.05) is 11.4 Å². The smallest absolute Gasteiger partial charge is 0.249 e. The van der Waals surface area contributed by atoms with Gasteiger partial charge in [-0.25, -0.2) is 0 Å². The number of carbonyl (C=O) groups excluding carboxylic acids is 2. The monoisotopic (exact) mass is 338 g/mol. The van der Waals surface area contributed by atoms with Crippen molar-refractivity contribution >= 4 is 33.4 Å². The summed E-state index contributed by atoms with van der Waals surface area (Å²) in [5, 5.41) is 2.82. The Labute approximate surface area is 127 Å². The highest BCUT2D eigenvalue weighted by Crippen LogP contribution is 2.25. The van der Waals surface area contributed by atoms with Gasteiger partial charge in [0, 0.05) is 23.1 Å². The second kappa shape index (κ2) is 6.39. The highest BCUT2D eigenvalue weighted by molar-refractivity contribution is 9.10. The van der Waals surface area contributed by atoms with Crippen LogP contribution in [-0.2, 0) is 9.59 Å². The van der Waals surface area contributed by atoms with Crippen LogP contribution in [0.25, 0.3) is 0 Å². The molecule has 1 aromatic rings. The number of halogens is 1. The van der Waals surface area contributed by atoms with Gasteiger partial charge >= 0.3 is 0 Å². The van der Waals surface area contributed by atoms with E-state index < -0.39 is 6.04 Å². The standard InChI is InChI=1S/C15H19BrN2O2/c1-3-4-13-15(20)18(8-7-14(19)17-13)11-5-6-12(16)10(2)9-11/h5-6,9,13H,3-4,7-8H2,1-2H3,(H,17,19). The number of rotatable bonds is 3. The Morgan fingerprint density at radius 1 is 1.40 bits per heavy atom. The summed E-state index contributed by atoms with van der Waals surface area (Å²) in [6.45, 7) is 4.44. The molecule has 1 N–H and O–H groups in total. The number of amides is 2. The van der Waals surface area contributed by atoms with Gasteiger partial charge in [-0.1, -0.05) is 29.3 Å². The fraction of sp³-hybridized carbons (Fsp3) is 0.467. The molecule has 4 nitrogen and oxygen atoms in total. The van der Waals surface area contributed by atoms with Crippen molar-refractivity contribution in [3.05, 3.63) is 28.2 Å². The summed E-state index contributed by atoms with van der Waals surface area (Å²) in [6.07, 6.45) is 1.89. The SMILES string of the molecule is CCCC1NC(=O)CCN(c2ccc(Br)c(C)c2)C1=O. The van der Waals surface area contributed by atoms with Gasteiger partial charge in [-0.05, 0) is 37.1 Å². The molecule has 1 aromatic carbocycles. The van der Waals surface area contributed by atoms with Gasteiger partial charge in [0.25, 0.3) is 0 Å². The summed E-state index contributed by atoms with van der Waals surface area (Å²) in [7, 11) is 0. The molecule has 20 heavy (non-hydrogen) atoms. The Bertz CT molecular complexity index is 531. The minimum Gasteiger partial charge on any atom is -0.344 e. The summed E-state index contributed by atoms with van der Waals surface area (Å²) >= 11 is 3.46. The normalized spacial score (nSPS) is 19.8. The summed E-state index contributed by atoms with van der Waals surface area (Å²) in [5.41, 5.74) is 1.93. The van der Waals surface area contributed by atoms with Crippen LogP contribution in [0.2, 0.25) is 0 Å². The highest BCUT2D eigenvalue weighted by Gasteiger charge is 2.30. The van der Waals surface area contributed by atoms with Gasteiger partial charge in [-0.3, -0.25) is 9.59 Å². The predicted molar refractivity (Wildman–Crippen MR) is 82.7 cm³/mol. The molecule has 1 unspecified atom stereocenters. The predicted octanol–water partition coefficient (Wildman–Crippen LogP) is 2.78. The molecule has 0 spiro atoms. The molecule has 0 radical (unpaired) electrons. The molecular formula is C15H19BrN2O2. The second-order valence-electron chi connectivity index (χ2n) is 5.08. The number of benzene rings is 1. The largest absolute Gasteiger partial charge is 0.344 e. The van der Waals surface area contributed by atoms with E-state index in [1.54, 1.807) is 4.90 Å². The maximum atomic E-state index is 12.6. The van der Waals surface area contributed by atoms with E-state index in [0.29, 0.717) is 19.4 Å². The first kappa shape index (κ1) is 15.0. The second-order valence-corrected chi connectivity index (χ2v) is 5.94. The van der Waals surface area contributed by atoms with Crippen LogP contribution in [0.1, 0.15) is 31.7 Å². The first-order valence-electron chi connectivity index (χ1n) is 6.89. The van der Waals surface area contributed by atoms with Gasteiger partial charge in [0.2, 0.25) is 11.8 Å². The average molecular weight is 339 g/mol. The van der Waals surface area contributed by atoms with Gasteiger partial charge in [0.15, 0.2) is 0 Å². The number of hydrogen-bond acceptors (Lipinski definition) is 2. The number of hydrogen-bond donors (Lipinski definition) is 1. The zero-order chi connectivity index (χ0) is 14.7. The third-order valence-corrected chi connectivity index (χ3v) is 4.38. The summed E-state index contributed by atoms with van der Waals surface area (Å²) < 4.78 is 1.02. The van der Waals surface area contributed by atoms with Crippen LogP contribution in [0.5, 0.6) is 0 Å². The quantitative estimate of drug-likeness (QED) is 0.921. The van der Waals surface area contributed by atoms with Crippen molar-refractivity contribution in [1.29, 1.82) is 0 Å². The molecule has 0 aromatic heterocycles. The molecular weight excluding hydrogens is 320 g/mol. The average Bonchev–Trinajstić information content (AvgIpc) is 2.54. The Morgan fingerprint density at radius 2 is 2.15 bits per heavy atom. The summed E-state index contributed by atoms with van der Waals surface area (Å²) in [6, 6.07) is 5.42. The Balaban J connectivity index is 2.30. The molecule has 1 atom stereocenters. The van der Waals surface area contributed by atoms with E-state index in [9.17, 15) is 9.59 Å². The molecule has 1 aliphatic rings. The Hall–Kier alpha value is -1.36. The van der Waals surface area contributed by atoms with E-state index in [1.165, 1.54) is 0 Å². The lowest BCUT2D eigenvalue weighted by molar-refractivity contribution is -0.125. The van der Waals surface area contributed by atoms with E-state index in [1.807, 2.05) is 32.0 Å². The van der Waals surface area contributed by atoms with Crippen molar-refractivity contribution in [1.82, 2.24) is 5.32 Å². The first-order chi connectivity index (χ1) is 9.52. The maximum absolute atomic E-state index is 12.6. The fourth-order valence-corrected chi connectivity index (χ4v) is 2.62. The molecule has 108 valence electrons. The molecule has 1 aliphatic heterocycles. The third-order valence-electron chi connectivity index (χ3n) is 3.49. The van der Waals surface area contributed by atoms with Crippen molar-refractivity contribution in [2.24, 2.45) is 0 Å². The highest BCUT2D eigenvalue weighted by atomic mass is 79.9. The van der Waals surface area contributed by atoms with Gasteiger partial charge in [0.1, 0.15) is 6.04 Å². The van der Waals surface area contributed by atoms with Gasteiger partial charge in [0.05, 0.1) is 0 Å². The summed E-state index contributed by atoms with van der Waals surface area (Å²) in [5.74, 6) is -0.0624. The van der Waals surface area contributed by atoms with E-state index in [-0.39, 0.29) is 11.8 Å². The minimum atomic E-state index is -0.404. The van der Waals surface area contributed by atoms with Crippen LogP contribution in [-0.4, -0.2) is 24.4 Å². The van der Waals surface area contributed by atoms with Crippen LogP contribution in [0.4, 0.5) is 5.69 Å². The molecule has 0 aliphatic carbocycles. The number of carbonyl (C=O) groups is 2. The molecule has 2 amide bonds. The van der Waals surface area contributed by atoms with Crippen LogP contribution in [0.3, 0.4) is 0 Å². The topological polar surface area (TPSA) is 49.4 Å². The van der Waals surface area contributed by atoms with Crippen LogP contribution >= 0.6 is 15.9 Å². The lowest BCUT2D eigenvalue weighted by Gasteiger charge is -2.24. The van der Waals surface area contributed by atoms with E-state index in [2.05, 4.69) is 21.2 Å².